The summed E-state index contributed by atoms with van der Waals surface area (Å²) >= 11 is 0. The molecule has 1 amide bonds. The van der Waals surface area contributed by atoms with Crippen molar-refractivity contribution in [3.8, 4) is 0 Å². The van der Waals surface area contributed by atoms with Gasteiger partial charge in [0.2, 0.25) is 15.9 Å². The van der Waals surface area contributed by atoms with Gasteiger partial charge in [0.25, 0.3) is 0 Å². The second kappa shape index (κ2) is 9.84. The molecule has 1 aromatic carbocycles. The summed E-state index contributed by atoms with van der Waals surface area (Å²) < 4.78 is 35.1. The number of amides is 1. The lowest BCUT2D eigenvalue weighted by atomic mass is 10.0. The van der Waals surface area contributed by atoms with Crippen LogP contribution < -0.4 is 5.32 Å². The van der Waals surface area contributed by atoms with E-state index >= 15 is 0 Å². The summed E-state index contributed by atoms with van der Waals surface area (Å²) in [6.07, 6.45) is 2.86. The minimum Gasteiger partial charge on any atom is -0.462 e. The molecule has 160 valence electrons. The Kier molecular flexibility index (Phi) is 7.74. The molecule has 0 radical (unpaired) electrons. The van der Waals surface area contributed by atoms with Crippen LogP contribution in [0.4, 0.5) is 5.69 Å². The average Bonchev–Trinajstić information content (AvgIpc) is 2.67. The second-order valence-electron chi connectivity index (χ2n) is 6.61. The van der Waals surface area contributed by atoms with E-state index in [0.29, 0.717) is 12.8 Å². The van der Waals surface area contributed by atoms with Crippen LogP contribution in [0, 0.1) is 0 Å². The fourth-order valence-electron chi connectivity index (χ4n) is 3.15. The number of benzene rings is 1. The Hall–Kier alpha value is -2.46. The van der Waals surface area contributed by atoms with E-state index in [1.807, 2.05) is 0 Å². The van der Waals surface area contributed by atoms with Crippen molar-refractivity contribution in [1.82, 2.24) is 4.31 Å². The zero-order valence-electron chi connectivity index (χ0n) is 16.8. The van der Waals surface area contributed by atoms with Gasteiger partial charge < -0.3 is 14.8 Å². The van der Waals surface area contributed by atoms with Gasteiger partial charge in [-0.15, -0.1) is 0 Å². The molecule has 0 aliphatic carbocycles. The van der Waals surface area contributed by atoms with E-state index in [1.54, 1.807) is 13.8 Å². The van der Waals surface area contributed by atoms with Crippen molar-refractivity contribution >= 4 is 33.6 Å². The number of sulfonamides is 1. The third-order valence-electron chi connectivity index (χ3n) is 4.41. The SMILES string of the molecule is CCOC(=O)c1cc(NC(=O)C2CCCCN2S(C)(=O)=O)cc(C(=O)OCC)c1. The topological polar surface area (TPSA) is 119 Å². The van der Waals surface area contributed by atoms with Crippen molar-refractivity contribution in [3.05, 3.63) is 29.3 Å². The number of piperidine rings is 1. The van der Waals surface area contributed by atoms with Gasteiger partial charge >= 0.3 is 11.9 Å². The zero-order valence-corrected chi connectivity index (χ0v) is 17.6. The summed E-state index contributed by atoms with van der Waals surface area (Å²) in [6, 6.07) is 3.24. The summed E-state index contributed by atoms with van der Waals surface area (Å²) in [5.74, 6) is -1.82. The van der Waals surface area contributed by atoms with E-state index < -0.39 is 33.9 Å². The lowest BCUT2D eigenvalue weighted by Crippen LogP contribution is -2.49. The number of anilines is 1. The molecular formula is C19H26N2O7S. The number of rotatable bonds is 7. The summed E-state index contributed by atoms with van der Waals surface area (Å²) in [5.41, 5.74) is 0.343. The highest BCUT2D eigenvalue weighted by Gasteiger charge is 2.34. The van der Waals surface area contributed by atoms with Crippen LogP contribution in [-0.2, 0) is 24.3 Å². The van der Waals surface area contributed by atoms with Crippen LogP contribution in [0.3, 0.4) is 0 Å². The minimum absolute atomic E-state index is 0.0799. The standard InChI is InChI=1S/C19H26N2O7S/c1-4-27-18(23)13-10-14(19(24)28-5-2)12-15(11-13)20-17(22)16-8-6-7-9-21(16)29(3,25)26/h10-12,16H,4-9H2,1-3H3,(H,20,22). The van der Waals surface area contributed by atoms with Crippen LogP contribution >= 0.6 is 0 Å². The smallest absolute Gasteiger partial charge is 0.338 e. The molecule has 0 spiro atoms. The molecule has 1 fully saturated rings. The summed E-state index contributed by atoms with van der Waals surface area (Å²) in [4.78, 5) is 37.0. The van der Waals surface area contributed by atoms with Crippen molar-refractivity contribution in [3.63, 3.8) is 0 Å². The predicted octanol–water partition coefficient (Wildman–Crippen LogP) is 1.79. The van der Waals surface area contributed by atoms with E-state index in [0.717, 1.165) is 12.7 Å². The Balaban J connectivity index is 2.33. The maximum Gasteiger partial charge on any atom is 0.338 e. The molecule has 1 atom stereocenters. The van der Waals surface area contributed by atoms with Crippen molar-refractivity contribution < 1.29 is 32.3 Å². The lowest BCUT2D eigenvalue weighted by Gasteiger charge is -2.32. The number of hydrogen-bond donors (Lipinski definition) is 1. The normalized spacial score (nSPS) is 17.4. The van der Waals surface area contributed by atoms with Gasteiger partial charge in [0.15, 0.2) is 0 Å². The number of esters is 2. The highest BCUT2D eigenvalue weighted by Crippen LogP contribution is 2.23. The van der Waals surface area contributed by atoms with Gasteiger partial charge in [0.1, 0.15) is 6.04 Å². The number of carbonyl (C=O) groups is 3. The molecule has 0 bridgehead atoms. The number of carbonyl (C=O) groups excluding carboxylic acids is 3. The largest absolute Gasteiger partial charge is 0.462 e. The number of hydrogen-bond acceptors (Lipinski definition) is 7. The van der Waals surface area contributed by atoms with E-state index in [9.17, 15) is 22.8 Å². The average molecular weight is 426 g/mol. The molecule has 29 heavy (non-hydrogen) atoms. The maximum atomic E-state index is 12.8. The molecule has 1 unspecified atom stereocenters. The molecule has 0 aromatic heterocycles. The molecule has 1 aromatic rings. The van der Waals surface area contributed by atoms with Gasteiger partial charge in [-0.05, 0) is 44.9 Å². The number of nitrogens with zero attached hydrogens (tertiary/aromatic N) is 1. The molecule has 10 heteroatoms. The highest BCUT2D eigenvalue weighted by atomic mass is 32.2. The van der Waals surface area contributed by atoms with Gasteiger partial charge in [-0.1, -0.05) is 6.42 Å². The van der Waals surface area contributed by atoms with Gasteiger partial charge in [0.05, 0.1) is 30.6 Å². The first-order valence-corrected chi connectivity index (χ1v) is 11.3. The summed E-state index contributed by atoms with van der Waals surface area (Å²) in [5, 5.41) is 2.63. The predicted molar refractivity (Wildman–Crippen MR) is 106 cm³/mol. The highest BCUT2D eigenvalue weighted by molar-refractivity contribution is 7.88. The first kappa shape index (κ1) is 22.8. The minimum atomic E-state index is -3.55. The van der Waals surface area contributed by atoms with Gasteiger partial charge in [-0.2, -0.15) is 4.31 Å². The molecule has 1 heterocycles. The van der Waals surface area contributed by atoms with Crippen LogP contribution in [0.5, 0.6) is 0 Å². The van der Waals surface area contributed by atoms with E-state index in [4.69, 9.17) is 9.47 Å². The third-order valence-corrected chi connectivity index (χ3v) is 5.69. The molecule has 1 aliphatic heterocycles. The van der Waals surface area contributed by atoms with Gasteiger partial charge in [0, 0.05) is 12.2 Å². The van der Waals surface area contributed by atoms with Crippen molar-refractivity contribution in [1.29, 1.82) is 0 Å². The summed E-state index contributed by atoms with van der Waals surface area (Å²) in [6.45, 7) is 3.87. The van der Waals surface area contributed by atoms with Crippen molar-refractivity contribution in [2.45, 2.75) is 39.2 Å². The van der Waals surface area contributed by atoms with Crippen LogP contribution in [0.15, 0.2) is 18.2 Å². The molecule has 1 N–H and O–H groups in total. The van der Waals surface area contributed by atoms with Crippen LogP contribution in [0.1, 0.15) is 53.8 Å². The maximum absolute atomic E-state index is 12.8. The number of ether oxygens (including phenoxy) is 2. The molecule has 0 saturated carbocycles. The number of nitrogens with one attached hydrogen (secondary N) is 1. The van der Waals surface area contributed by atoms with Crippen molar-refractivity contribution in [2.24, 2.45) is 0 Å². The monoisotopic (exact) mass is 426 g/mol. The quantitative estimate of drug-likeness (QED) is 0.660. The Morgan fingerprint density at radius 3 is 2.07 bits per heavy atom. The molecule has 2 rings (SSSR count). The van der Waals surface area contributed by atoms with Crippen LogP contribution in [0.25, 0.3) is 0 Å². The lowest BCUT2D eigenvalue weighted by molar-refractivity contribution is -0.120. The Morgan fingerprint density at radius 1 is 1.03 bits per heavy atom. The molecule has 1 aliphatic rings. The fourth-order valence-corrected chi connectivity index (χ4v) is 4.28. The van der Waals surface area contributed by atoms with Gasteiger partial charge in [-0.3, -0.25) is 4.79 Å². The third kappa shape index (κ3) is 6.01. The van der Waals surface area contributed by atoms with Gasteiger partial charge in [-0.25, -0.2) is 18.0 Å². The fraction of sp³-hybridized carbons (Fsp3) is 0.526. The Bertz CT molecular complexity index is 846. The van der Waals surface area contributed by atoms with E-state index in [1.165, 1.54) is 22.5 Å². The van der Waals surface area contributed by atoms with Crippen LogP contribution in [-0.4, -0.2) is 62.6 Å². The van der Waals surface area contributed by atoms with E-state index in [-0.39, 0.29) is 36.6 Å². The summed E-state index contributed by atoms with van der Waals surface area (Å²) in [7, 11) is -3.55. The Labute approximate surface area is 170 Å². The first-order chi connectivity index (χ1) is 13.7. The first-order valence-electron chi connectivity index (χ1n) is 9.44. The van der Waals surface area contributed by atoms with Crippen LogP contribution in [0.2, 0.25) is 0 Å². The van der Waals surface area contributed by atoms with E-state index in [2.05, 4.69) is 5.32 Å². The second-order valence-corrected chi connectivity index (χ2v) is 8.55. The van der Waals surface area contributed by atoms with Crippen molar-refractivity contribution in [2.75, 3.05) is 31.3 Å². The molecular weight excluding hydrogens is 400 g/mol. The Morgan fingerprint density at radius 2 is 1.59 bits per heavy atom. The zero-order chi connectivity index (χ0) is 21.6. The molecule has 9 nitrogen and oxygen atoms in total. The molecule has 1 saturated heterocycles.